The van der Waals surface area contributed by atoms with Crippen LogP contribution in [0.3, 0.4) is 0 Å². The summed E-state index contributed by atoms with van der Waals surface area (Å²) in [7, 11) is 0. The van der Waals surface area contributed by atoms with Gasteiger partial charge in [0, 0.05) is 25.6 Å². The molecule has 0 saturated carbocycles. The van der Waals surface area contributed by atoms with Crippen molar-refractivity contribution in [3.63, 3.8) is 0 Å². The molecule has 2 heterocycles. The molecule has 0 bridgehead atoms. The third-order valence-electron chi connectivity index (χ3n) is 5.20. The van der Waals surface area contributed by atoms with Gasteiger partial charge in [-0.15, -0.1) is 0 Å². The van der Waals surface area contributed by atoms with Gasteiger partial charge in [0.2, 0.25) is 0 Å². The van der Waals surface area contributed by atoms with Crippen LogP contribution in [0.1, 0.15) is 29.9 Å². The third kappa shape index (κ3) is 4.02. The number of piperidine rings is 1. The minimum Gasteiger partial charge on any atom is -0.490 e. The van der Waals surface area contributed by atoms with Crippen LogP contribution in [0.15, 0.2) is 48.5 Å². The van der Waals surface area contributed by atoms with Crippen molar-refractivity contribution in [1.29, 1.82) is 0 Å². The molecule has 0 spiro atoms. The maximum atomic E-state index is 13.0. The first-order chi connectivity index (χ1) is 12.3. The molecular formula is C21H24FNO2. The molecule has 0 aromatic heterocycles. The van der Waals surface area contributed by atoms with Crippen molar-refractivity contribution in [1.82, 2.24) is 4.90 Å². The zero-order valence-electron chi connectivity index (χ0n) is 14.4. The van der Waals surface area contributed by atoms with E-state index in [1.807, 2.05) is 0 Å². The van der Waals surface area contributed by atoms with Gasteiger partial charge in [-0.05, 0) is 48.2 Å². The van der Waals surface area contributed by atoms with Crippen molar-refractivity contribution in [2.75, 3.05) is 26.2 Å². The highest BCUT2D eigenvalue weighted by Crippen LogP contribution is 2.28. The molecule has 0 amide bonds. The molecule has 2 aromatic carbocycles. The zero-order valence-corrected chi connectivity index (χ0v) is 14.4. The van der Waals surface area contributed by atoms with Crippen LogP contribution < -0.4 is 4.74 Å². The van der Waals surface area contributed by atoms with E-state index in [1.165, 1.54) is 23.3 Å². The summed E-state index contributed by atoms with van der Waals surface area (Å²) >= 11 is 0. The number of rotatable bonds is 4. The molecule has 2 aromatic rings. The number of hydrogen-bond donors (Lipinski definition) is 0. The van der Waals surface area contributed by atoms with Crippen molar-refractivity contribution < 1.29 is 13.9 Å². The maximum absolute atomic E-state index is 13.0. The number of ether oxygens (including phenoxy) is 2. The van der Waals surface area contributed by atoms with E-state index in [0.29, 0.717) is 5.92 Å². The third-order valence-corrected chi connectivity index (χ3v) is 5.20. The Balaban J connectivity index is 1.30. The molecular weight excluding hydrogens is 317 g/mol. The molecule has 132 valence electrons. The first-order valence-electron chi connectivity index (χ1n) is 9.08. The monoisotopic (exact) mass is 341 g/mol. The van der Waals surface area contributed by atoms with Crippen LogP contribution in [0.4, 0.5) is 4.39 Å². The van der Waals surface area contributed by atoms with Crippen LogP contribution in [0.2, 0.25) is 0 Å². The van der Waals surface area contributed by atoms with Crippen LogP contribution in [0, 0.1) is 5.82 Å². The van der Waals surface area contributed by atoms with Crippen molar-refractivity contribution in [3.05, 3.63) is 65.5 Å². The number of hydrogen-bond acceptors (Lipinski definition) is 3. The number of fused-ring (bicyclic) bond motifs is 1. The first kappa shape index (κ1) is 16.6. The molecule has 1 fully saturated rings. The molecule has 0 N–H and O–H groups in total. The summed E-state index contributed by atoms with van der Waals surface area (Å²) in [5.74, 6) is 0.992. The highest BCUT2D eigenvalue weighted by atomic mass is 19.1. The predicted molar refractivity (Wildman–Crippen MR) is 95.3 cm³/mol. The fourth-order valence-corrected chi connectivity index (χ4v) is 3.84. The Kier molecular flexibility index (Phi) is 4.99. The molecule has 4 heteroatoms. The van der Waals surface area contributed by atoms with Crippen molar-refractivity contribution in [2.24, 2.45) is 0 Å². The Morgan fingerprint density at radius 3 is 2.60 bits per heavy atom. The summed E-state index contributed by atoms with van der Waals surface area (Å²) < 4.78 is 24.7. The molecule has 1 unspecified atom stereocenters. The summed E-state index contributed by atoms with van der Waals surface area (Å²) in [5.41, 5.74) is 2.77. The van der Waals surface area contributed by atoms with Gasteiger partial charge >= 0.3 is 0 Å². The molecule has 0 aliphatic carbocycles. The Hall–Kier alpha value is -1.91. The smallest absolute Gasteiger partial charge is 0.123 e. The number of benzene rings is 2. The van der Waals surface area contributed by atoms with E-state index >= 15 is 0 Å². The van der Waals surface area contributed by atoms with Gasteiger partial charge in [-0.1, -0.05) is 24.3 Å². The van der Waals surface area contributed by atoms with E-state index in [9.17, 15) is 4.39 Å². The molecule has 1 saturated heterocycles. The number of nitrogens with zero attached hydrogens (tertiary/aromatic N) is 1. The van der Waals surface area contributed by atoms with E-state index in [0.717, 1.165) is 51.4 Å². The normalized spacial score (nSPS) is 21.7. The van der Waals surface area contributed by atoms with Crippen LogP contribution >= 0.6 is 0 Å². The van der Waals surface area contributed by atoms with Crippen molar-refractivity contribution >= 4 is 0 Å². The summed E-state index contributed by atoms with van der Waals surface area (Å²) in [6, 6.07) is 14.9. The van der Waals surface area contributed by atoms with Crippen LogP contribution in [-0.2, 0) is 11.3 Å². The number of likely N-dealkylation sites (tertiary alicyclic amines) is 1. The van der Waals surface area contributed by atoms with Crippen molar-refractivity contribution in [3.8, 4) is 5.75 Å². The molecule has 3 nitrogen and oxygen atoms in total. The van der Waals surface area contributed by atoms with Crippen molar-refractivity contribution in [2.45, 2.75) is 31.5 Å². The van der Waals surface area contributed by atoms with Crippen LogP contribution in [-0.4, -0.2) is 37.2 Å². The minimum absolute atomic E-state index is 0.219. The lowest BCUT2D eigenvalue weighted by atomic mass is 9.92. The average molecular weight is 341 g/mol. The molecule has 4 rings (SSSR count). The van der Waals surface area contributed by atoms with Crippen LogP contribution in [0.5, 0.6) is 5.75 Å². The van der Waals surface area contributed by atoms with E-state index in [2.05, 4.69) is 29.2 Å². The molecule has 1 atom stereocenters. The van der Waals surface area contributed by atoms with E-state index < -0.39 is 0 Å². The Labute approximate surface area is 148 Å². The SMILES string of the molecule is Fc1ccc(OC2CCN(CC3COCc4ccccc43)CC2)cc1. The van der Waals surface area contributed by atoms with Gasteiger partial charge in [-0.2, -0.15) is 0 Å². The molecule has 25 heavy (non-hydrogen) atoms. The quantitative estimate of drug-likeness (QED) is 0.839. The van der Waals surface area contributed by atoms with E-state index in [1.54, 1.807) is 12.1 Å². The van der Waals surface area contributed by atoms with Gasteiger partial charge < -0.3 is 14.4 Å². The first-order valence-corrected chi connectivity index (χ1v) is 9.08. The Morgan fingerprint density at radius 2 is 1.80 bits per heavy atom. The van der Waals surface area contributed by atoms with Gasteiger partial charge in [-0.25, -0.2) is 4.39 Å². The summed E-state index contributed by atoms with van der Waals surface area (Å²) in [6.45, 7) is 4.65. The fourth-order valence-electron chi connectivity index (χ4n) is 3.84. The fraction of sp³-hybridized carbons (Fsp3) is 0.429. The zero-order chi connectivity index (χ0) is 17.1. The standard InChI is InChI=1S/C21H24FNO2/c22-18-5-7-19(8-6-18)25-20-9-11-23(12-10-20)13-17-15-24-14-16-3-1-2-4-21(16)17/h1-8,17,20H,9-15H2. The summed E-state index contributed by atoms with van der Waals surface area (Å²) in [5, 5.41) is 0. The second kappa shape index (κ2) is 7.54. The lowest BCUT2D eigenvalue weighted by Gasteiger charge is -2.36. The maximum Gasteiger partial charge on any atom is 0.123 e. The largest absolute Gasteiger partial charge is 0.490 e. The van der Waals surface area contributed by atoms with Gasteiger partial charge in [0.05, 0.1) is 13.2 Å². The van der Waals surface area contributed by atoms with Gasteiger partial charge in [0.1, 0.15) is 17.7 Å². The average Bonchev–Trinajstić information content (AvgIpc) is 2.65. The van der Waals surface area contributed by atoms with E-state index in [4.69, 9.17) is 9.47 Å². The van der Waals surface area contributed by atoms with Gasteiger partial charge in [0.15, 0.2) is 0 Å². The van der Waals surface area contributed by atoms with Crippen LogP contribution in [0.25, 0.3) is 0 Å². The van der Waals surface area contributed by atoms with Gasteiger partial charge in [-0.3, -0.25) is 0 Å². The summed E-state index contributed by atoms with van der Waals surface area (Å²) in [4.78, 5) is 2.51. The lowest BCUT2D eigenvalue weighted by molar-refractivity contribution is 0.0598. The number of halogens is 1. The highest BCUT2D eigenvalue weighted by Gasteiger charge is 2.26. The molecule has 2 aliphatic heterocycles. The van der Waals surface area contributed by atoms with Gasteiger partial charge in [0.25, 0.3) is 0 Å². The topological polar surface area (TPSA) is 21.7 Å². The van der Waals surface area contributed by atoms with E-state index in [-0.39, 0.29) is 11.9 Å². The minimum atomic E-state index is -0.225. The lowest BCUT2D eigenvalue weighted by Crippen LogP contribution is -2.41. The second-order valence-corrected chi connectivity index (χ2v) is 6.98. The molecule has 0 radical (unpaired) electrons. The Bertz CT molecular complexity index is 695. The molecule has 2 aliphatic rings. The predicted octanol–water partition coefficient (Wildman–Crippen LogP) is 3.98. The second-order valence-electron chi connectivity index (χ2n) is 6.98. The Morgan fingerprint density at radius 1 is 1.04 bits per heavy atom. The highest BCUT2D eigenvalue weighted by molar-refractivity contribution is 5.31. The summed E-state index contributed by atoms with van der Waals surface area (Å²) in [6.07, 6.45) is 2.23.